The number of carbonyl (C=O) groups excluding carboxylic acids is 2. The maximum absolute atomic E-state index is 10.5. The standard InChI is InChI=1S/C8H14O7/c1-4(11)15-6(3-10)8(14)7(13)5(12)2-9/h2,5-8,10,12-14H,3H2,1H3/t5-,6-,7+,8+/m0/s1. The molecule has 0 rings (SSSR count). The Morgan fingerprint density at radius 1 is 1.33 bits per heavy atom. The number of ether oxygens (including phenoxy) is 1. The van der Waals surface area contributed by atoms with E-state index in [9.17, 15) is 14.7 Å². The smallest absolute Gasteiger partial charge is 0.303 e. The van der Waals surface area contributed by atoms with Gasteiger partial charge in [0.1, 0.15) is 18.3 Å². The first-order valence-electron chi connectivity index (χ1n) is 4.21. The second-order valence-electron chi connectivity index (χ2n) is 2.94. The zero-order chi connectivity index (χ0) is 12.0. The summed E-state index contributed by atoms with van der Waals surface area (Å²) in [7, 11) is 0. The minimum Gasteiger partial charge on any atom is -0.457 e. The van der Waals surface area contributed by atoms with Crippen LogP contribution in [0.3, 0.4) is 0 Å². The summed E-state index contributed by atoms with van der Waals surface area (Å²) in [6.07, 6.45) is -6.72. The van der Waals surface area contributed by atoms with Gasteiger partial charge in [0.2, 0.25) is 0 Å². The molecule has 0 fully saturated rings. The first-order chi connectivity index (χ1) is 6.93. The van der Waals surface area contributed by atoms with E-state index in [4.69, 9.17) is 15.3 Å². The van der Waals surface area contributed by atoms with E-state index in [-0.39, 0.29) is 6.29 Å². The van der Waals surface area contributed by atoms with E-state index in [1.165, 1.54) is 0 Å². The van der Waals surface area contributed by atoms with Crippen LogP contribution in [0.25, 0.3) is 0 Å². The predicted molar refractivity (Wildman–Crippen MR) is 46.7 cm³/mol. The number of hydrogen-bond acceptors (Lipinski definition) is 7. The molecule has 0 aromatic rings. The van der Waals surface area contributed by atoms with Crippen LogP contribution in [0.5, 0.6) is 0 Å². The largest absolute Gasteiger partial charge is 0.457 e. The van der Waals surface area contributed by atoms with Gasteiger partial charge in [-0.2, -0.15) is 0 Å². The van der Waals surface area contributed by atoms with Crippen LogP contribution in [0.2, 0.25) is 0 Å². The molecule has 0 saturated carbocycles. The van der Waals surface area contributed by atoms with Gasteiger partial charge in [-0.15, -0.1) is 0 Å². The molecule has 0 aromatic heterocycles. The van der Waals surface area contributed by atoms with Gasteiger partial charge in [0.25, 0.3) is 0 Å². The van der Waals surface area contributed by atoms with E-state index in [0.717, 1.165) is 6.92 Å². The monoisotopic (exact) mass is 222 g/mol. The van der Waals surface area contributed by atoms with Crippen molar-refractivity contribution in [2.24, 2.45) is 0 Å². The van der Waals surface area contributed by atoms with E-state index >= 15 is 0 Å². The second-order valence-corrected chi connectivity index (χ2v) is 2.94. The SMILES string of the molecule is CC(=O)O[C@@H](CO)[C@@H](O)[C@H](O)[C@@H](O)C=O. The summed E-state index contributed by atoms with van der Waals surface area (Å²) in [4.78, 5) is 20.6. The fourth-order valence-corrected chi connectivity index (χ4v) is 0.931. The van der Waals surface area contributed by atoms with Gasteiger partial charge in [0, 0.05) is 6.92 Å². The lowest BCUT2D eigenvalue weighted by Crippen LogP contribution is -2.48. The van der Waals surface area contributed by atoms with Gasteiger partial charge < -0.3 is 30.0 Å². The van der Waals surface area contributed by atoms with Gasteiger partial charge >= 0.3 is 5.97 Å². The Bertz CT molecular complexity index is 217. The summed E-state index contributed by atoms with van der Waals surface area (Å²) in [6.45, 7) is 0.321. The molecule has 0 saturated heterocycles. The van der Waals surface area contributed by atoms with E-state index in [2.05, 4.69) is 4.74 Å². The van der Waals surface area contributed by atoms with Gasteiger partial charge in [-0.3, -0.25) is 4.79 Å². The van der Waals surface area contributed by atoms with E-state index < -0.39 is 37.0 Å². The fraction of sp³-hybridized carbons (Fsp3) is 0.750. The third-order valence-corrected chi connectivity index (χ3v) is 1.72. The van der Waals surface area contributed by atoms with Crippen molar-refractivity contribution < 1.29 is 34.8 Å². The number of aliphatic hydroxyl groups excluding tert-OH is 4. The Labute approximate surface area is 85.9 Å². The maximum Gasteiger partial charge on any atom is 0.303 e. The maximum atomic E-state index is 10.5. The summed E-state index contributed by atoms with van der Waals surface area (Å²) in [6, 6.07) is 0. The summed E-state index contributed by atoms with van der Waals surface area (Å²) in [5.74, 6) is -0.763. The Hall–Kier alpha value is -1.02. The van der Waals surface area contributed by atoms with Crippen LogP contribution >= 0.6 is 0 Å². The van der Waals surface area contributed by atoms with Gasteiger partial charge in [-0.1, -0.05) is 0 Å². The zero-order valence-corrected chi connectivity index (χ0v) is 8.11. The number of rotatable bonds is 6. The first-order valence-corrected chi connectivity index (χ1v) is 4.21. The first kappa shape index (κ1) is 14.0. The van der Waals surface area contributed by atoms with Gasteiger partial charge in [-0.05, 0) is 0 Å². The van der Waals surface area contributed by atoms with Crippen molar-refractivity contribution in [2.45, 2.75) is 31.3 Å². The molecule has 0 radical (unpaired) electrons. The third-order valence-electron chi connectivity index (χ3n) is 1.72. The van der Waals surface area contributed by atoms with Crippen molar-refractivity contribution in [1.29, 1.82) is 0 Å². The Balaban J connectivity index is 4.42. The highest BCUT2D eigenvalue weighted by molar-refractivity contribution is 5.66. The number of aliphatic hydroxyl groups is 4. The molecular formula is C8H14O7. The molecule has 88 valence electrons. The van der Waals surface area contributed by atoms with Gasteiger partial charge in [0.15, 0.2) is 12.4 Å². The quantitative estimate of drug-likeness (QED) is 0.282. The molecule has 7 heteroatoms. The highest BCUT2D eigenvalue weighted by atomic mass is 16.6. The van der Waals surface area contributed by atoms with Crippen molar-refractivity contribution in [1.82, 2.24) is 0 Å². The number of hydrogen-bond donors (Lipinski definition) is 4. The lowest BCUT2D eigenvalue weighted by molar-refractivity contribution is -0.167. The second kappa shape index (κ2) is 6.46. The fourth-order valence-electron chi connectivity index (χ4n) is 0.931. The zero-order valence-electron chi connectivity index (χ0n) is 8.11. The van der Waals surface area contributed by atoms with Crippen LogP contribution in [0.15, 0.2) is 0 Å². The molecule has 7 nitrogen and oxygen atoms in total. The average molecular weight is 222 g/mol. The van der Waals surface area contributed by atoms with Crippen LogP contribution < -0.4 is 0 Å². The molecule has 0 bridgehead atoms. The van der Waals surface area contributed by atoms with Crippen molar-refractivity contribution >= 4 is 12.3 Å². The molecule has 0 heterocycles. The van der Waals surface area contributed by atoms with Crippen molar-refractivity contribution in [3.8, 4) is 0 Å². The number of esters is 1. The summed E-state index contributed by atoms with van der Waals surface area (Å²) >= 11 is 0. The minimum atomic E-state index is -1.82. The molecule has 0 amide bonds. The molecule has 0 aliphatic carbocycles. The van der Waals surface area contributed by atoms with E-state index in [1.807, 2.05) is 0 Å². The van der Waals surface area contributed by atoms with Crippen molar-refractivity contribution in [3.63, 3.8) is 0 Å². The minimum absolute atomic E-state index is 0.0239. The van der Waals surface area contributed by atoms with Crippen molar-refractivity contribution in [3.05, 3.63) is 0 Å². The highest BCUT2D eigenvalue weighted by Crippen LogP contribution is 2.07. The number of carbonyl (C=O) groups is 2. The molecule has 0 aliphatic rings. The highest BCUT2D eigenvalue weighted by Gasteiger charge is 2.32. The molecular weight excluding hydrogens is 208 g/mol. The van der Waals surface area contributed by atoms with Crippen LogP contribution in [-0.2, 0) is 14.3 Å². The molecule has 0 aromatic carbocycles. The number of aldehydes is 1. The molecule has 0 aliphatic heterocycles. The van der Waals surface area contributed by atoms with Gasteiger partial charge in [-0.25, -0.2) is 0 Å². The molecule has 0 spiro atoms. The summed E-state index contributed by atoms with van der Waals surface area (Å²) in [5.41, 5.74) is 0. The van der Waals surface area contributed by atoms with Crippen molar-refractivity contribution in [2.75, 3.05) is 6.61 Å². The topological polar surface area (TPSA) is 124 Å². The lowest BCUT2D eigenvalue weighted by atomic mass is 10.0. The Kier molecular flexibility index (Phi) is 6.02. The molecule has 4 N–H and O–H groups in total. The normalized spacial score (nSPS) is 18.7. The summed E-state index contributed by atoms with van der Waals surface area (Å²) < 4.78 is 4.45. The van der Waals surface area contributed by atoms with Gasteiger partial charge in [0.05, 0.1) is 6.61 Å². The molecule has 4 atom stereocenters. The lowest BCUT2D eigenvalue weighted by Gasteiger charge is -2.25. The average Bonchev–Trinajstić information content (AvgIpc) is 2.22. The van der Waals surface area contributed by atoms with Crippen LogP contribution in [0.4, 0.5) is 0 Å². The molecule has 0 unspecified atom stereocenters. The van der Waals surface area contributed by atoms with E-state index in [0.29, 0.717) is 0 Å². The molecule has 15 heavy (non-hydrogen) atoms. The predicted octanol–water partition coefficient (Wildman–Crippen LogP) is -2.81. The van der Waals surface area contributed by atoms with E-state index in [1.54, 1.807) is 0 Å². The Morgan fingerprint density at radius 3 is 2.20 bits per heavy atom. The van der Waals surface area contributed by atoms with Crippen LogP contribution in [0.1, 0.15) is 6.92 Å². The third kappa shape index (κ3) is 4.34. The van der Waals surface area contributed by atoms with Crippen LogP contribution in [0, 0.1) is 0 Å². The summed E-state index contributed by atoms with van der Waals surface area (Å²) in [5, 5.41) is 36.1. The Morgan fingerprint density at radius 2 is 1.87 bits per heavy atom. The van der Waals surface area contributed by atoms with Crippen LogP contribution in [-0.4, -0.2) is 63.7 Å².